The smallest absolute Gasteiger partial charge is 0.230 e. The van der Waals surface area contributed by atoms with Gasteiger partial charge in [-0.15, -0.1) is 11.8 Å². The Kier molecular flexibility index (Phi) is 4.65. The average Bonchev–Trinajstić information content (AvgIpc) is 2.30. The Bertz CT molecular complexity index is 425. The summed E-state index contributed by atoms with van der Waals surface area (Å²) in [7, 11) is 0. The molecule has 0 spiro atoms. The number of halogens is 1. The molecule has 0 aliphatic carbocycles. The minimum absolute atomic E-state index is 0.0975. The van der Waals surface area contributed by atoms with Crippen molar-refractivity contribution in [2.75, 3.05) is 17.8 Å². The van der Waals surface area contributed by atoms with Crippen molar-refractivity contribution in [2.45, 2.75) is 17.4 Å². The Labute approximate surface area is 115 Å². The predicted molar refractivity (Wildman–Crippen MR) is 76.1 cm³/mol. The summed E-state index contributed by atoms with van der Waals surface area (Å²) >= 11 is 9.38. The van der Waals surface area contributed by atoms with E-state index in [2.05, 4.69) is 5.32 Å². The normalized spacial score (nSPS) is 18.6. The number of benzene rings is 1. The molecule has 2 nitrogen and oxygen atoms in total. The molecule has 17 heavy (non-hydrogen) atoms. The third kappa shape index (κ3) is 3.33. The quantitative estimate of drug-likeness (QED) is 0.924. The fourth-order valence-electron chi connectivity index (χ4n) is 1.88. The third-order valence-corrected chi connectivity index (χ3v) is 4.53. The molecule has 1 amide bonds. The monoisotopic (exact) mass is 287 g/mol. The van der Waals surface area contributed by atoms with Crippen molar-refractivity contribution in [3.63, 3.8) is 0 Å². The minimum atomic E-state index is 0.0975. The van der Waals surface area contributed by atoms with Crippen LogP contribution < -0.4 is 5.32 Å². The molecule has 1 heterocycles. The number of carbonyl (C=O) groups is 1. The summed E-state index contributed by atoms with van der Waals surface area (Å²) in [5.41, 5.74) is 1.16. The molecule has 0 fully saturated rings. The highest BCUT2D eigenvalue weighted by atomic mass is 35.5. The van der Waals surface area contributed by atoms with Crippen LogP contribution in [0.25, 0.3) is 0 Å². The van der Waals surface area contributed by atoms with Crippen LogP contribution in [0.3, 0.4) is 0 Å². The molecular weight excluding hydrogens is 274 g/mol. The van der Waals surface area contributed by atoms with E-state index in [1.807, 2.05) is 36.2 Å². The number of carbonyl (C=O) groups excluding carboxylic acids is 1. The maximum Gasteiger partial charge on any atom is 0.230 e. The Hall–Kier alpha value is -0.320. The largest absolute Gasteiger partial charge is 0.349 e. The van der Waals surface area contributed by atoms with Crippen molar-refractivity contribution in [3.05, 3.63) is 28.8 Å². The number of hydrogen-bond donors (Lipinski definition) is 1. The second kappa shape index (κ2) is 6.03. The van der Waals surface area contributed by atoms with Gasteiger partial charge in [-0.3, -0.25) is 4.79 Å². The molecule has 0 radical (unpaired) electrons. The first-order valence-electron chi connectivity index (χ1n) is 5.41. The second-order valence-electron chi connectivity index (χ2n) is 3.87. The van der Waals surface area contributed by atoms with Gasteiger partial charge >= 0.3 is 0 Å². The van der Waals surface area contributed by atoms with Crippen LogP contribution in [0.2, 0.25) is 5.02 Å². The SMILES string of the molecule is CSCC(=O)NC1CCSc2ccc(Cl)cc21. The second-order valence-corrected chi connectivity index (χ2v) is 6.31. The molecular formula is C12H14ClNOS2. The highest BCUT2D eigenvalue weighted by Crippen LogP contribution is 2.37. The van der Waals surface area contributed by atoms with E-state index in [1.165, 1.54) is 16.7 Å². The average molecular weight is 288 g/mol. The summed E-state index contributed by atoms with van der Waals surface area (Å²) in [6.07, 6.45) is 2.90. The first-order valence-corrected chi connectivity index (χ1v) is 8.17. The van der Waals surface area contributed by atoms with E-state index in [-0.39, 0.29) is 11.9 Å². The van der Waals surface area contributed by atoms with Crippen LogP contribution in [0, 0.1) is 0 Å². The molecule has 0 aromatic heterocycles. The molecule has 2 rings (SSSR count). The van der Waals surface area contributed by atoms with Gasteiger partial charge in [0.1, 0.15) is 0 Å². The van der Waals surface area contributed by atoms with Gasteiger partial charge in [0.2, 0.25) is 5.91 Å². The lowest BCUT2D eigenvalue weighted by atomic mass is 10.0. The van der Waals surface area contributed by atoms with Gasteiger partial charge in [0.05, 0.1) is 11.8 Å². The maximum absolute atomic E-state index is 11.6. The van der Waals surface area contributed by atoms with Gasteiger partial charge in [0.25, 0.3) is 0 Å². The van der Waals surface area contributed by atoms with E-state index < -0.39 is 0 Å². The molecule has 1 unspecified atom stereocenters. The Balaban J connectivity index is 2.16. The number of thioether (sulfide) groups is 2. The zero-order valence-corrected chi connectivity index (χ0v) is 11.9. The first-order chi connectivity index (χ1) is 8.20. The molecule has 0 bridgehead atoms. The van der Waals surface area contributed by atoms with Crippen LogP contribution >= 0.6 is 35.1 Å². The van der Waals surface area contributed by atoms with Crippen LogP contribution in [-0.2, 0) is 4.79 Å². The molecule has 1 aromatic rings. The van der Waals surface area contributed by atoms with E-state index in [1.54, 1.807) is 0 Å². The Morgan fingerprint density at radius 1 is 1.65 bits per heavy atom. The molecule has 5 heteroatoms. The summed E-state index contributed by atoms with van der Waals surface area (Å²) in [6.45, 7) is 0. The van der Waals surface area contributed by atoms with Crippen molar-refractivity contribution in [1.82, 2.24) is 5.32 Å². The van der Waals surface area contributed by atoms with Crippen molar-refractivity contribution in [3.8, 4) is 0 Å². The van der Waals surface area contributed by atoms with Crippen LogP contribution in [-0.4, -0.2) is 23.7 Å². The van der Waals surface area contributed by atoms with Crippen LogP contribution in [0.1, 0.15) is 18.0 Å². The van der Waals surface area contributed by atoms with Crippen molar-refractivity contribution in [1.29, 1.82) is 0 Å². The van der Waals surface area contributed by atoms with Crippen molar-refractivity contribution >= 4 is 41.0 Å². The summed E-state index contributed by atoms with van der Waals surface area (Å²) in [5.74, 6) is 1.65. The highest BCUT2D eigenvalue weighted by Gasteiger charge is 2.22. The van der Waals surface area contributed by atoms with Crippen molar-refractivity contribution in [2.24, 2.45) is 0 Å². The van der Waals surface area contributed by atoms with Crippen LogP contribution in [0.5, 0.6) is 0 Å². The number of rotatable bonds is 3. The number of hydrogen-bond acceptors (Lipinski definition) is 3. The van der Waals surface area contributed by atoms with E-state index in [9.17, 15) is 4.79 Å². The van der Waals surface area contributed by atoms with Crippen LogP contribution in [0.15, 0.2) is 23.1 Å². The maximum atomic E-state index is 11.6. The minimum Gasteiger partial charge on any atom is -0.349 e. The number of fused-ring (bicyclic) bond motifs is 1. The van der Waals surface area contributed by atoms with Gasteiger partial charge in [0, 0.05) is 15.7 Å². The van der Waals surface area contributed by atoms with Gasteiger partial charge in [0.15, 0.2) is 0 Å². The Morgan fingerprint density at radius 3 is 3.24 bits per heavy atom. The van der Waals surface area contributed by atoms with Gasteiger partial charge < -0.3 is 5.32 Å². The molecule has 1 aromatic carbocycles. The van der Waals surface area contributed by atoms with Gasteiger partial charge in [-0.05, 0) is 36.4 Å². The molecule has 1 aliphatic rings. The summed E-state index contributed by atoms with van der Waals surface area (Å²) < 4.78 is 0. The zero-order valence-electron chi connectivity index (χ0n) is 9.53. The first kappa shape index (κ1) is 13.1. The lowest BCUT2D eigenvalue weighted by Gasteiger charge is -2.26. The summed E-state index contributed by atoms with van der Waals surface area (Å²) in [4.78, 5) is 12.9. The van der Waals surface area contributed by atoms with E-state index >= 15 is 0 Å². The molecule has 92 valence electrons. The standard InChI is InChI=1S/C12H14ClNOS2/c1-16-7-12(15)14-10-4-5-17-11-3-2-8(13)6-9(10)11/h2-3,6,10H,4-5,7H2,1H3,(H,14,15). The van der Waals surface area contributed by atoms with E-state index in [4.69, 9.17) is 11.6 Å². The summed E-state index contributed by atoms with van der Waals surface area (Å²) in [5, 5.41) is 3.80. The van der Waals surface area contributed by atoms with E-state index in [0.29, 0.717) is 5.75 Å². The van der Waals surface area contributed by atoms with Gasteiger partial charge in [-0.2, -0.15) is 11.8 Å². The zero-order chi connectivity index (χ0) is 12.3. The predicted octanol–water partition coefficient (Wildman–Crippen LogP) is 3.36. The molecule has 1 aliphatic heterocycles. The highest BCUT2D eigenvalue weighted by molar-refractivity contribution is 7.99. The van der Waals surface area contributed by atoms with Gasteiger partial charge in [-0.1, -0.05) is 11.6 Å². The lowest BCUT2D eigenvalue weighted by molar-refractivity contribution is -0.119. The molecule has 0 saturated heterocycles. The van der Waals surface area contributed by atoms with Gasteiger partial charge in [-0.25, -0.2) is 0 Å². The van der Waals surface area contributed by atoms with Crippen molar-refractivity contribution < 1.29 is 4.79 Å². The molecule has 1 atom stereocenters. The fraction of sp³-hybridized carbons (Fsp3) is 0.417. The lowest BCUT2D eigenvalue weighted by Crippen LogP contribution is -2.31. The molecule has 1 N–H and O–H groups in total. The topological polar surface area (TPSA) is 29.1 Å². The number of amides is 1. The molecule has 0 saturated carbocycles. The fourth-order valence-corrected chi connectivity index (χ4v) is 3.51. The number of nitrogens with one attached hydrogen (secondary N) is 1. The summed E-state index contributed by atoms with van der Waals surface area (Å²) in [6, 6.07) is 6.02. The Morgan fingerprint density at radius 2 is 2.47 bits per heavy atom. The third-order valence-electron chi connectivity index (χ3n) is 2.62. The van der Waals surface area contributed by atoms with Crippen LogP contribution in [0.4, 0.5) is 0 Å². The van der Waals surface area contributed by atoms with E-state index in [0.717, 1.165) is 22.8 Å².